The third kappa shape index (κ3) is 4.33. The summed E-state index contributed by atoms with van der Waals surface area (Å²) >= 11 is 2.15. The first-order valence-corrected chi connectivity index (χ1v) is 7.55. The fraction of sp³-hybridized carbons (Fsp3) is 1.00. The first-order chi connectivity index (χ1) is 7.45. The molecular weight excluding hydrogens is 204 g/mol. The number of piperidine rings is 1. The Balaban J connectivity index is 1.47. The van der Waals surface area contributed by atoms with Crippen molar-refractivity contribution in [1.82, 2.24) is 10.2 Å². The molecule has 2 rings (SSSR count). The minimum atomic E-state index is 0.909. The van der Waals surface area contributed by atoms with Gasteiger partial charge in [-0.3, -0.25) is 0 Å². The Morgan fingerprint density at radius 2 is 2.00 bits per heavy atom. The van der Waals surface area contributed by atoms with Crippen LogP contribution in [0.15, 0.2) is 0 Å². The van der Waals surface area contributed by atoms with Gasteiger partial charge in [0.25, 0.3) is 0 Å². The van der Waals surface area contributed by atoms with E-state index in [4.69, 9.17) is 0 Å². The molecule has 0 aromatic heterocycles. The molecule has 0 bridgehead atoms. The molecule has 1 atom stereocenters. The molecule has 0 saturated carbocycles. The molecule has 0 aromatic carbocycles. The summed E-state index contributed by atoms with van der Waals surface area (Å²) in [5.41, 5.74) is 0. The van der Waals surface area contributed by atoms with Crippen molar-refractivity contribution in [3.63, 3.8) is 0 Å². The number of hydrogen-bond acceptors (Lipinski definition) is 3. The Labute approximate surface area is 98.2 Å². The van der Waals surface area contributed by atoms with E-state index in [9.17, 15) is 0 Å². The van der Waals surface area contributed by atoms with Gasteiger partial charge in [0, 0.05) is 24.9 Å². The van der Waals surface area contributed by atoms with Crippen LogP contribution in [0.3, 0.4) is 0 Å². The molecule has 0 aromatic rings. The summed E-state index contributed by atoms with van der Waals surface area (Å²) in [5, 5.41) is 4.52. The standard InChI is InChI=1S/C12H24N2S/c1-2-7-14(8-3-1)9-6-13-11-12-5-4-10-15-12/h12-13H,1-11H2. The van der Waals surface area contributed by atoms with E-state index in [1.807, 2.05) is 0 Å². The Morgan fingerprint density at radius 1 is 1.13 bits per heavy atom. The third-order valence-corrected chi connectivity index (χ3v) is 4.85. The van der Waals surface area contributed by atoms with Crippen molar-refractivity contribution >= 4 is 11.8 Å². The van der Waals surface area contributed by atoms with Crippen molar-refractivity contribution < 1.29 is 0 Å². The number of thioether (sulfide) groups is 1. The first kappa shape index (κ1) is 11.7. The fourth-order valence-electron chi connectivity index (χ4n) is 2.49. The lowest BCUT2D eigenvalue weighted by Gasteiger charge is -2.26. The second-order valence-corrected chi connectivity index (χ2v) is 6.15. The van der Waals surface area contributed by atoms with E-state index in [2.05, 4.69) is 22.0 Å². The SMILES string of the molecule is C1CCN(CCNCC2CCCS2)CC1. The number of hydrogen-bond donors (Lipinski definition) is 1. The van der Waals surface area contributed by atoms with Gasteiger partial charge in [-0.2, -0.15) is 11.8 Å². The average Bonchev–Trinajstić information content (AvgIpc) is 2.79. The highest BCUT2D eigenvalue weighted by atomic mass is 32.2. The van der Waals surface area contributed by atoms with Gasteiger partial charge < -0.3 is 10.2 Å². The summed E-state index contributed by atoms with van der Waals surface area (Å²) < 4.78 is 0. The maximum atomic E-state index is 3.61. The van der Waals surface area contributed by atoms with Crippen molar-refractivity contribution in [2.45, 2.75) is 37.4 Å². The molecule has 1 unspecified atom stereocenters. The number of nitrogens with zero attached hydrogens (tertiary/aromatic N) is 1. The molecule has 2 fully saturated rings. The van der Waals surface area contributed by atoms with Gasteiger partial charge in [-0.1, -0.05) is 6.42 Å². The highest BCUT2D eigenvalue weighted by Gasteiger charge is 2.15. The number of rotatable bonds is 5. The van der Waals surface area contributed by atoms with Crippen LogP contribution in [0.25, 0.3) is 0 Å². The Morgan fingerprint density at radius 3 is 2.73 bits per heavy atom. The van der Waals surface area contributed by atoms with Crippen LogP contribution in [0, 0.1) is 0 Å². The maximum Gasteiger partial charge on any atom is 0.0172 e. The van der Waals surface area contributed by atoms with Crippen molar-refractivity contribution in [2.24, 2.45) is 0 Å². The molecule has 0 spiro atoms. The van der Waals surface area contributed by atoms with E-state index in [0.29, 0.717) is 0 Å². The minimum Gasteiger partial charge on any atom is -0.314 e. The van der Waals surface area contributed by atoms with Crippen LogP contribution >= 0.6 is 11.8 Å². The Hall–Kier alpha value is 0.270. The quantitative estimate of drug-likeness (QED) is 0.724. The highest BCUT2D eigenvalue weighted by Crippen LogP contribution is 2.25. The predicted octanol–water partition coefficient (Wildman–Crippen LogP) is 1.96. The first-order valence-electron chi connectivity index (χ1n) is 6.50. The topological polar surface area (TPSA) is 15.3 Å². The predicted molar refractivity (Wildman–Crippen MR) is 68.6 cm³/mol. The van der Waals surface area contributed by atoms with Crippen LogP contribution in [-0.4, -0.2) is 48.6 Å². The van der Waals surface area contributed by atoms with Crippen molar-refractivity contribution in [2.75, 3.05) is 38.5 Å². The summed E-state index contributed by atoms with van der Waals surface area (Å²) in [6.45, 7) is 6.35. The van der Waals surface area contributed by atoms with Gasteiger partial charge in [0.15, 0.2) is 0 Å². The smallest absolute Gasteiger partial charge is 0.0172 e. The van der Waals surface area contributed by atoms with Crippen molar-refractivity contribution in [1.29, 1.82) is 0 Å². The molecule has 2 saturated heterocycles. The number of nitrogens with one attached hydrogen (secondary N) is 1. The van der Waals surface area contributed by atoms with Crippen molar-refractivity contribution in [3.05, 3.63) is 0 Å². The summed E-state index contributed by atoms with van der Waals surface area (Å²) in [6, 6.07) is 0. The monoisotopic (exact) mass is 228 g/mol. The van der Waals surface area contributed by atoms with Crippen LogP contribution in [-0.2, 0) is 0 Å². The lowest BCUT2D eigenvalue weighted by molar-refractivity contribution is 0.229. The lowest BCUT2D eigenvalue weighted by Crippen LogP contribution is -2.37. The van der Waals surface area contributed by atoms with Crippen LogP contribution in [0.4, 0.5) is 0 Å². The summed E-state index contributed by atoms with van der Waals surface area (Å²) in [4.78, 5) is 2.61. The molecule has 2 nitrogen and oxygen atoms in total. The molecule has 0 radical (unpaired) electrons. The van der Waals surface area contributed by atoms with E-state index in [1.54, 1.807) is 0 Å². The van der Waals surface area contributed by atoms with Gasteiger partial charge in [-0.25, -0.2) is 0 Å². The third-order valence-electron chi connectivity index (χ3n) is 3.45. The van der Waals surface area contributed by atoms with Crippen LogP contribution in [0.1, 0.15) is 32.1 Å². The van der Waals surface area contributed by atoms with Crippen LogP contribution < -0.4 is 5.32 Å². The summed E-state index contributed by atoms with van der Waals surface area (Å²) in [7, 11) is 0. The van der Waals surface area contributed by atoms with Gasteiger partial charge in [-0.05, 0) is 44.5 Å². The van der Waals surface area contributed by atoms with E-state index in [0.717, 1.165) is 5.25 Å². The Bertz CT molecular complexity index is 163. The van der Waals surface area contributed by atoms with Crippen LogP contribution in [0.5, 0.6) is 0 Å². The Kier molecular flexibility index (Phi) is 5.30. The summed E-state index contributed by atoms with van der Waals surface area (Å²) in [6.07, 6.45) is 7.14. The molecule has 2 aliphatic rings. The largest absolute Gasteiger partial charge is 0.314 e. The molecule has 1 N–H and O–H groups in total. The van der Waals surface area contributed by atoms with Crippen molar-refractivity contribution in [3.8, 4) is 0 Å². The highest BCUT2D eigenvalue weighted by molar-refractivity contribution is 8.00. The molecule has 2 aliphatic heterocycles. The fourth-order valence-corrected chi connectivity index (χ4v) is 3.72. The van der Waals surface area contributed by atoms with Gasteiger partial charge in [-0.15, -0.1) is 0 Å². The normalized spacial score (nSPS) is 28.4. The number of likely N-dealkylation sites (tertiary alicyclic amines) is 1. The molecule has 15 heavy (non-hydrogen) atoms. The van der Waals surface area contributed by atoms with E-state index < -0.39 is 0 Å². The molecule has 3 heteroatoms. The molecule has 0 aliphatic carbocycles. The summed E-state index contributed by atoms with van der Waals surface area (Å²) in [5.74, 6) is 1.39. The molecular formula is C12H24N2S. The molecule has 2 heterocycles. The maximum absolute atomic E-state index is 3.61. The van der Waals surface area contributed by atoms with E-state index in [1.165, 1.54) is 70.6 Å². The van der Waals surface area contributed by atoms with Gasteiger partial charge in [0.2, 0.25) is 0 Å². The van der Waals surface area contributed by atoms with Gasteiger partial charge in [0.1, 0.15) is 0 Å². The van der Waals surface area contributed by atoms with E-state index in [-0.39, 0.29) is 0 Å². The zero-order valence-electron chi connectivity index (χ0n) is 9.71. The van der Waals surface area contributed by atoms with Crippen LogP contribution in [0.2, 0.25) is 0 Å². The average molecular weight is 228 g/mol. The van der Waals surface area contributed by atoms with Gasteiger partial charge in [0.05, 0.1) is 0 Å². The zero-order chi connectivity index (χ0) is 10.3. The lowest BCUT2D eigenvalue weighted by atomic mass is 10.1. The molecule has 88 valence electrons. The van der Waals surface area contributed by atoms with E-state index >= 15 is 0 Å². The second-order valence-electron chi connectivity index (χ2n) is 4.74. The second kappa shape index (κ2) is 6.77. The van der Waals surface area contributed by atoms with Gasteiger partial charge >= 0.3 is 0 Å². The molecule has 0 amide bonds. The minimum absolute atomic E-state index is 0.909. The zero-order valence-corrected chi connectivity index (χ0v) is 10.5.